The van der Waals surface area contributed by atoms with Gasteiger partial charge in [0.15, 0.2) is 0 Å². The minimum absolute atomic E-state index is 0.0100. The fourth-order valence-electron chi connectivity index (χ4n) is 4.65. The Balaban J connectivity index is 1.51. The number of nitrogens with zero attached hydrogens (tertiary/aromatic N) is 1. The number of carbonyl (C=O) groups is 2. The summed E-state index contributed by atoms with van der Waals surface area (Å²) >= 11 is 0. The van der Waals surface area contributed by atoms with Gasteiger partial charge in [-0.3, -0.25) is 0 Å². The number of hydrogen-bond acceptors (Lipinski definition) is 4. The lowest BCUT2D eigenvalue weighted by molar-refractivity contribution is -0.0524. The zero-order chi connectivity index (χ0) is 27.7. The molecule has 1 fully saturated rings. The molecule has 0 aliphatic heterocycles. The van der Waals surface area contributed by atoms with Gasteiger partial charge in [-0.15, -0.1) is 0 Å². The summed E-state index contributed by atoms with van der Waals surface area (Å²) < 4.78 is 25.9. The molecular weight excluding hydrogens is 487 g/mol. The fourth-order valence-corrected chi connectivity index (χ4v) is 4.65. The lowest BCUT2D eigenvalue weighted by Gasteiger charge is -2.31. The summed E-state index contributed by atoms with van der Waals surface area (Å²) in [4.78, 5) is 26.4. The number of amides is 2. The van der Waals surface area contributed by atoms with Crippen molar-refractivity contribution in [3.63, 3.8) is 0 Å². The van der Waals surface area contributed by atoms with Crippen LogP contribution in [-0.2, 0) is 16.1 Å². The molecule has 0 radical (unpaired) electrons. The predicted octanol–water partition coefficient (Wildman–Crippen LogP) is 6.65. The van der Waals surface area contributed by atoms with Crippen LogP contribution >= 0.6 is 0 Å². The van der Waals surface area contributed by atoms with Crippen LogP contribution in [0.3, 0.4) is 0 Å². The van der Waals surface area contributed by atoms with Crippen LogP contribution in [0.25, 0.3) is 0 Å². The number of hydrogen-bond donors (Lipinski definition) is 2. The van der Waals surface area contributed by atoms with Crippen LogP contribution in [0.2, 0.25) is 0 Å². The Labute approximate surface area is 225 Å². The molecule has 1 aliphatic rings. The summed E-state index contributed by atoms with van der Waals surface area (Å²) in [5, 5.41) is 12.4. The van der Waals surface area contributed by atoms with Gasteiger partial charge in [0.25, 0.3) is 0 Å². The summed E-state index contributed by atoms with van der Waals surface area (Å²) in [5.41, 5.74) is 2.19. The number of aromatic carboxylic acids is 1. The van der Waals surface area contributed by atoms with Gasteiger partial charge in [-0.2, -0.15) is 0 Å². The van der Waals surface area contributed by atoms with Gasteiger partial charge < -0.3 is 24.8 Å². The van der Waals surface area contributed by atoms with Crippen molar-refractivity contribution in [3.05, 3.63) is 65.0 Å². The number of aryl methyl sites for hydroxylation is 1. The molecule has 2 N–H and O–H groups in total. The highest BCUT2D eigenvalue weighted by Crippen LogP contribution is 2.26. The van der Waals surface area contributed by atoms with E-state index in [0.29, 0.717) is 36.5 Å². The third-order valence-electron chi connectivity index (χ3n) is 6.84. The van der Waals surface area contributed by atoms with E-state index in [2.05, 4.69) is 26.1 Å². The number of halogens is 1. The maximum absolute atomic E-state index is 13.6. The van der Waals surface area contributed by atoms with E-state index in [1.807, 2.05) is 6.07 Å². The van der Waals surface area contributed by atoms with Gasteiger partial charge in [0.05, 0.1) is 31.0 Å². The molecule has 2 amide bonds. The highest BCUT2D eigenvalue weighted by Gasteiger charge is 2.25. The maximum atomic E-state index is 13.6. The van der Waals surface area contributed by atoms with E-state index in [1.165, 1.54) is 12.1 Å². The number of nitrogens with one attached hydrogen (secondary N) is 1. The molecule has 2 atom stereocenters. The molecule has 0 saturated heterocycles. The van der Waals surface area contributed by atoms with Crippen LogP contribution in [0, 0.1) is 18.2 Å². The first kappa shape index (κ1) is 29.6. The Hall–Kier alpha value is -2.97. The number of rotatable bonds is 11. The molecule has 38 heavy (non-hydrogen) atoms. The lowest BCUT2D eigenvalue weighted by atomic mass is 9.92. The Kier molecular flexibility index (Phi) is 10.7. The molecular formula is C30H41FN2O5. The predicted molar refractivity (Wildman–Crippen MR) is 146 cm³/mol. The first-order chi connectivity index (χ1) is 18.0. The highest BCUT2D eigenvalue weighted by atomic mass is 19.1. The van der Waals surface area contributed by atoms with Crippen molar-refractivity contribution in [2.45, 2.75) is 78.6 Å². The summed E-state index contributed by atoms with van der Waals surface area (Å²) in [6.45, 7) is 9.80. The summed E-state index contributed by atoms with van der Waals surface area (Å²) in [6.07, 6.45) is 4.34. The molecule has 1 saturated carbocycles. The van der Waals surface area contributed by atoms with Crippen molar-refractivity contribution in [2.24, 2.45) is 5.41 Å². The number of carboxylic acids is 1. The van der Waals surface area contributed by atoms with Crippen molar-refractivity contribution < 1.29 is 28.6 Å². The fraction of sp³-hybridized carbons (Fsp3) is 0.533. The molecule has 3 rings (SSSR count). The van der Waals surface area contributed by atoms with Crippen molar-refractivity contribution >= 4 is 17.7 Å². The number of anilines is 1. The maximum Gasteiger partial charge on any atom is 0.336 e. The van der Waals surface area contributed by atoms with Crippen LogP contribution in [0.5, 0.6) is 0 Å². The zero-order valence-corrected chi connectivity index (χ0v) is 23.0. The van der Waals surface area contributed by atoms with Gasteiger partial charge in [0, 0.05) is 18.8 Å². The van der Waals surface area contributed by atoms with Crippen molar-refractivity contribution in [2.75, 3.05) is 25.0 Å². The van der Waals surface area contributed by atoms with Gasteiger partial charge >= 0.3 is 12.0 Å². The van der Waals surface area contributed by atoms with E-state index in [1.54, 1.807) is 36.1 Å². The zero-order valence-electron chi connectivity index (χ0n) is 23.0. The topological polar surface area (TPSA) is 88.1 Å². The second kappa shape index (κ2) is 13.7. The number of carbonyl (C=O) groups excluding carboxylic acids is 1. The smallest absolute Gasteiger partial charge is 0.336 e. The molecule has 7 nitrogen and oxygen atoms in total. The minimum Gasteiger partial charge on any atom is -0.478 e. The third kappa shape index (κ3) is 9.40. The van der Waals surface area contributed by atoms with E-state index in [0.717, 1.165) is 37.7 Å². The van der Waals surface area contributed by atoms with Gasteiger partial charge in [-0.05, 0) is 73.8 Å². The Morgan fingerprint density at radius 1 is 1.08 bits per heavy atom. The van der Waals surface area contributed by atoms with Crippen molar-refractivity contribution in [1.29, 1.82) is 0 Å². The van der Waals surface area contributed by atoms with Crippen LogP contribution in [0.4, 0.5) is 14.9 Å². The van der Waals surface area contributed by atoms with Gasteiger partial charge in [0.1, 0.15) is 5.82 Å². The molecule has 2 aromatic rings. The number of carboxylic acid groups (broad SMARTS) is 1. The Morgan fingerprint density at radius 3 is 2.47 bits per heavy atom. The molecule has 0 aromatic heterocycles. The van der Waals surface area contributed by atoms with E-state index in [-0.39, 0.29) is 30.3 Å². The van der Waals surface area contributed by atoms with Crippen molar-refractivity contribution in [3.8, 4) is 0 Å². The Bertz CT molecular complexity index is 1080. The van der Waals surface area contributed by atoms with Crippen LogP contribution in [0.1, 0.15) is 74.4 Å². The normalized spacial score (nSPS) is 17.7. The molecule has 0 spiro atoms. The molecule has 208 valence electrons. The van der Waals surface area contributed by atoms with E-state index >= 15 is 0 Å². The minimum atomic E-state index is -0.941. The molecule has 0 heterocycles. The first-order valence-corrected chi connectivity index (χ1v) is 13.4. The van der Waals surface area contributed by atoms with Crippen LogP contribution in [0.15, 0.2) is 42.5 Å². The molecule has 1 aliphatic carbocycles. The average molecular weight is 529 g/mol. The van der Waals surface area contributed by atoms with E-state index < -0.39 is 11.8 Å². The first-order valence-electron chi connectivity index (χ1n) is 13.4. The second-order valence-corrected chi connectivity index (χ2v) is 11.2. The molecule has 2 aromatic carbocycles. The number of ether oxygens (including phenoxy) is 2. The van der Waals surface area contributed by atoms with E-state index in [4.69, 9.17) is 9.47 Å². The third-order valence-corrected chi connectivity index (χ3v) is 6.84. The molecule has 0 bridgehead atoms. The largest absolute Gasteiger partial charge is 0.478 e. The summed E-state index contributed by atoms with van der Waals surface area (Å²) in [5.74, 6) is -1.34. The summed E-state index contributed by atoms with van der Waals surface area (Å²) in [7, 11) is 0. The number of benzene rings is 2. The van der Waals surface area contributed by atoms with E-state index in [9.17, 15) is 19.1 Å². The van der Waals surface area contributed by atoms with Crippen molar-refractivity contribution in [1.82, 2.24) is 4.90 Å². The summed E-state index contributed by atoms with van der Waals surface area (Å²) in [6, 6.07) is 11.0. The lowest BCUT2D eigenvalue weighted by Crippen LogP contribution is -2.40. The van der Waals surface area contributed by atoms with Gasteiger partial charge in [-0.25, -0.2) is 14.0 Å². The second-order valence-electron chi connectivity index (χ2n) is 11.2. The SMILES string of the molecule is Cc1cccc(COC2CCC[C@H](OCCN(CCC(C)(C)C)C(=O)Nc3cccc(F)c3)C2)c1C(=O)O. The number of urea groups is 1. The highest BCUT2D eigenvalue weighted by molar-refractivity contribution is 5.91. The molecule has 1 unspecified atom stereocenters. The average Bonchev–Trinajstić information content (AvgIpc) is 2.84. The Morgan fingerprint density at radius 2 is 1.79 bits per heavy atom. The monoisotopic (exact) mass is 528 g/mol. The van der Waals surface area contributed by atoms with Gasteiger partial charge in [-0.1, -0.05) is 45.0 Å². The van der Waals surface area contributed by atoms with Crippen LogP contribution < -0.4 is 5.32 Å². The quantitative estimate of drug-likeness (QED) is 0.341. The van der Waals surface area contributed by atoms with Crippen LogP contribution in [-0.4, -0.2) is 53.9 Å². The standard InChI is InChI=1S/C30H41FN2O5/c1-21-8-5-9-22(27(21)28(34)35)20-38-26-13-7-12-25(19-26)37-17-16-33(15-14-30(2,3)4)29(36)32-24-11-6-10-23(31)18-24/h5-6,8-11,18,25-26H,7,12-17,19-20H2,1-4H3,(H,32,36)(H,34,35)/t25-,26?/m0/s1. The molecule has 8 heteroatoms. The van der Waals surface area contributed by atoms with Gasteiger partial charge in [0.2, 0.25) is 0 Å².